The summed E-state index contributed by atoms with van der Waals surface area (Å²) in [5, 5.41) is 0. The Morgan fingerprint density at radius 2 is 2.22 bits per heavy atom. The molecule has 0 fully saturated rings. The van der Waals surface area contributed by atoms with Gasteiger partial charge in [0.15, 0.2) is 0 Å². The quantitative estimate of drug-likeness (QED) is 0.484. The third-order valence-corrected chi connectivity index (χ3v) is 1.17. The first-order valence-corrected chi connectivity index (χ1v) is 2.64. The molecule has 0 saturated carbocycles. The maximum absolute atomic E-state index is 12.6. The van der Waals surface area contributed by atoms with Crippen molar-refractivity contribution in [1.82, 2.24) is 4.98 Å². The van der Waals surface area contributed by atoms with Crippen molar-refractivity contribution in [2.75, 3.05) is 0 Å². The van der Waals surface area contributed by atoms with Crippen LogP contribution in [-0.2, 0) is 0 Å². The molecule has 0 bridgehead atoms. The lowest BCUT2D eigenvalue weighted by Crippen LogP contribution is -1.86. The van der Waals surface area contributed by atoms with Crippen molar-refractivity contribution in [3.8, 4) is 0 Å². The molecule has 2 heteroatoms. The maximum atomic E-state index is 12.6. The van der Waals surface area contributed by atoms with Crippen LogP contribution in [0.1, 0.15) is 13.9 Å². The highest BCUT2D eigenvalue weighted by atomic mass is 19.1. The second-order valence-corrected chi connectivity index (χ2v) is 1.89. The second-order valence-electron chi connectivity index (χ2n) is 1.89. The minimum Gasteiger partial charge on any atom is -0.228 e. The third kappa shape index (κ3) is 1.25. The molecule has 0 atom stereocenters. The fraction of sp³-hybridized carbons (Fsp3) is 0.286. The van der Waals surface area contributed by atoms with Gasteiger partial charge in [0.05, 0.1) is 2.74 Å². The lowest BCUT2D eigenvalue weighted by Gasteiger charge is -1.95. The van der Waals surface area contributed by atoms with Gasteiger partial charge in [0.1, 0.15) is 0 Å². The van der Waals surface area contributed by atoms with E-state index in [1.807, 2.05) is 0 Å². The molecule has 9 heavy (non-hydrogen) atoms. The van der Waals surface area contributed by atoms with E-state index in [-0.39, 0.29) is 12.2 Å². The van der Waals surface area contributed by atoms with Crippen LogP contribution in [0.3, 0.4) is 0 Å². The van der Waals surface area contributed by atoms with Crippen LogP contribution in [0.25, 0.3) is 0 Å². The molecule has 1 heterocycles. The molecule has 0 aromatic carbocycles. The molecule has 48 valence electrons. The van der Waals surface area contributed by atoms with Gasteiger partial charge < -0.3 is 0 Å². The number of rotatable bonds is 0. The summed E-state index contributed by atoms with van der Waals surface area (Å²) < 4.78 is 26.9. The molecule has 0 saturated heterocycles. The predicted octanol–water partition coefficient (Wildman–Crippen LogP) is 1.84. The Morgan fingerprint density at radius 1 is 1.56 bits per heavy atom. The molecule has 0 aliphatic rings. The molecular weight excluding hydrogens is 117 g/mol. The smallest absolute Gasteiger partial charge is 0.213 e. The number of hydrogen-bond donors (Lipinski definition) is 0. The van der Waals surface area contributed by atoms with Crippen molar-refractivity contribution in [2.24, 2.45) is 0 Å². The molecule has 1 nitrogen and oxygen atoms in total. The van der Waals surface area contributed by atoms with E-state index >= 15 is 0 Å². The summed E-state index contributed by atoms with van der Waals surface area (Å²) in [4.78, 5) is 3.25. The number of hydrogen-bond acceptors (Lipinski definition) is 1. The average Bonchev–Trinajstić information content (AvgIpc) is 1.97. The van der Waals surface area contributed by atoms with Crippen molar-refractivity contribution in [1.29, 1.82) is 0 Å². The summed E-state index contributed by atoms with van der Waals surface area (Å²) in [5.41, 5.74) is 1.05. The van der Waals surface area contributed by atoms with E-state index < -0.39 is 5.95 Å². The van der Waals surface area contributed by atoms with Crippen LogP contribution < -0.4 is 0 Å². The van der Waals surface area contributed by atoms with Crippen molar-refractivity contribution < 1.29 is 7.13 Å². The van der Waals surface area contributed by atoms with Crippen molar-refractivity contribution in [2.45, 2.75) is 13.8 Å². The van der Waals surface area contributed by atoms with Gasteiger partial charge in [0, 0.05) is 6.17 Å². The Kier molecular flexibility index (Phi) is 0.944. The standard InChI is InChI=1S/C7H8FN/c1-5-3-7(8)9-4-6(5)2/h3-4H,1-2H3/i3D,4D. The fourth-order valence-corrected chi connectivity index (χ4v) is 0.493. The number of aromatic nitrogens is 1. The molecule has 0 radical (unpaired) electrons. The summed E-state index contributed by atoms with van der Waals surface area (Å²) in [6, 6.07) is -0.210. The van der Waals surface area contributed by atoms with E-state index in [2.05, 4.69) is 4.98 Å². The lowest BCUT2D eigenvalue weighted by molar-refractivity contribution is 0.581. The van der Waals surface area contributed by atoms with Crippen molar-refractivity contribution >= 4 is 0 Å². The topological polar surface area (TPSA) is 12.9 Å². The summed E-state index contributed by atoms with van der Waals surface area (Å²) >= 11 is 0. The van der Waals surface area contributed by atoms with Gasteiger partial charge in [-0.1, -0.05) is 0 Å². The van der Waals surface area contributed by atoms with Gasteiger partial charge in [0.2, 0.25) is 5.95 Å². The van der Waals surface area contributed by atoms with E-state index in [1.54, 1.807) is 13.8 Å². The molecule has 0 aliphatic heterocycles. The number of pyridine rings is 1. The van der Waals surface area contributed by atoms with Crippen LogP contribution in [0.5, 0.6) is 0 Å². The predicted molar refractivity (Wildman–Crippen MR) is 33.7 cm³/mol. The Labute approximate surface area is 56.4 Å². The van der Waals surface area contributed by atoms with E-state index in [4.69, 9.17) is 2.74 Å². The number of nitrogens with zero attached hydrogens (tertiary/aromatic N) is 1. The van der Waals surface area contributed by atoms with Crippen LogP contribution >= 0.6 is 0 Å². The van der Waals surface area contributed by atoms with Crippen LogP contribution in [0, 0.1) is 19.8 Å². The Morgan fingerprint density at radius 3 is 2.89 bits per heavy atom. The van der Waals surface area contributed by atoms with Gasteiger partial charge in [-0.15, -0.1) is 0 Å². The summed E-state index contributed by atoms with van der Waals surface area (Å²) in [7, 11) is 0. The van der Waals surface area contributed by atoms with E-state index in [0.717, 1.165) is 0 Å². The van der Waals surface area contributed by atoms with Crippen LogP contribution in [-0.4, -0.2) is 4.98 Å². The van der Waals surface area contributed by atoms with Gasteiger partial charge in [-0.3, -0.25) is 0 Å². The minimum absolute atomic E-state index is 0.0870. The molecular formula is C7H8FN. The molecule has 0 spiro atoms. The summed E-state index contributed by atoms with van der Waals surface area (Å²) in [6.45, 7) is 3.27. The van der Waals surface area contributed by atoms with Crippen molar-refractivity contribution in [3.05, 3.63) is 29.3 Å². The van der Waals surface area contributed by atoms with Crippen LogP contribution in [0.4, 0.5) is 4.39 Å². The van der Waals surface area contributed by atoms with Gasteiger partial charge in [-0.25, -0.2) is 4.98 Å². The van der Waals surface area contributed by atoms with E-state index in [1.165, 1.54) is 0 Å². The minimum atomic E-state index is -0.863. The zero-order valence-electron chi connectivity index (χ0n) is 7.33. The average molecular weight is 127 g/mol. The molecule has 1 rings (SSSR count). The van der Waals surface area contributed by atoms with Gasteiger partial charge >= 0.3 is 0 Å². The first kappa shape index (κ1) is 3.99. The first-order valence-electron chi connectivity index (χ1n) is 3.64. The highest BCUT2D eigenvalue weighted by Gasteiger charge is 1.93. The summed E-state index contributed by atoms with van der Waals surface area (Å²) in [5.74, 6) is -0.863. The highest BCUT2D eigenvalue weighted by molar-refractivity contribution is 5.19. The molecule has 0 aliphatic carbocycles. The normalized spacial score (nSPS) is 12.8. The molecule has 1 aromatic rings. The Hall–Kier alpha value is -0.920. The van der Waals surface area contributed by atoms with Gasteiger partial charge in [-0.05, 0) is 31.0 Å². The van der Waals surface area contributed by atoms with E-state index in [9.17, 15) is 4.39 Å². The number of halogens is 1. The summed E-state index contributed by atoms with van der Waals surface area (Å²) in [6.07, 6.45) is -0.0870. The van der Waals surface area contributed by atoms with E-state index in [0.29, 0.717) is 11.1 Å². The lowest BCUT2D eigenvalue weighted by atomic mass is 10.2. The molecule has 0 amide bonds. The monoisotopic (exact) mass is 127 g/mol. The van der Waals surface area contributed by atoms with Gasteiger partial charge in [0.25, 0.3) is 0 Å². The van der Waals surface area contributed by atoms with Crippen LogP contribution in [0.2, 0.25) is 0 Å². The SMILES string of the molecule is [2H]c1nc(F)c([2H])c(C)c1C. The Bertz CT molecular complexity index is 273. The second kappa shape index (κ2) is 2.13. The molecule has 0 unspecified atom stereocenters. The third-order valence-electron chi connectivity index (χ3n) is 1.17. The zero-order valence-corrected chi connectivity index (χ0v) is 5.33. The fourth-order valence-electron chi connectivity index (χ4n) is 0.493. The van der Waals surface area contributed by atoms with Gasteiger partial charge in [-0.2, -0.15) is 4.39 Å². The highest BCUT2D eigenvalue weighted by Crippen LogP contribution is 2.04. The first-order chi connectivity index (χ1) is 5.04. The molecule has 0 N–H and O–H groups in total. The molecule has 1 aromatic heterocycles. The largest absolute Gasteiger partial charge is 0.228 e. The maximum Gasteiger partial charge on any atom is 0.213 e. The Balaban J connectivity index is 3.46. The van der Waals surface area contributed by atoms with Crippen LogP contribution in [0.15, 0.2) is 12.2 Å². The zero-order chi connectivity index (χ0) is 8.59. The van der Waals surface area contributed by atoms with Crippen molar-refractivity contribution in [3.63, 3.8) is 0 Å².